The lowest BCUT2D eigenvalue weighted by atomic mass is 10.3. The van der Waals surface area contributed by atoms with Crippen LogP contribution in [0, 0.1) is 3.83 Å². The van der Waals surface area contributed by atoms with Crippen molar-refractivity contribution in [3.8, 4) is 0 Å². The van der Waals surface area contributed by atoms with Crippen LogP contribution >= 0.6 is 34.1 Å². The second-order valence-electron chi connectivity index (χ2n) is 2.67. The van der Waals surface area contributed by atoms with Crippen LogP contribution in [0.5, 0.6) is 0 Å². The molecule has 0 saturated heterocycles. The van der Waals surface area contributed by atoms with Gasteiger partial charge in [0.25, 0.3) is 0 Å². The van der Waals surface area contributed by atoms with Crippen molar-refractivity contribution in [3.63, 3.8) is 0 Å². The molecule has 0 radical (unpaired) electrons. The van der Waals surface area contributed by atoms with E-state index in [1.165, 1.54) is 11.5 Å². The van der Waals surface area contributed by atoms with Crippen LogP contribution in [0.25, 0.3) is 16.0 Å². The average Bonchev–Trinajstić information content (AvgIpc) is 2.66. The van der Waals surface area contributed by atoms with Crippen LogP contribution in [0.2, 0.25) is 0 Å². The predicted octanol–water partition coefficient (Wildman–Crippen LogP) is 2.55. The van der Waals surface area contributed by atoms with Gasteiger partial charge in [0.1, 0.15) is 0 Å². The Morgan fingerprint density at radius 1 is 1.31 bits per heavy atom. The molecule has 0 amide bonds. The Bertz CT molecular complexity index is 583. The summed E-state index contributed by atoms with van der Waals surface area (Å²) in [7, 11) is 0. The lowest BCUT2D eigenvalue weighted by Crippen LogP contribution is -1.83. The van der Waals surface area contributed by atoms with Crippen LogP contribution in [0.1, 0.15) is 0 Å². The zero-order valence-corrected chi connectivity index (χ0v) is 9.41. The summed E-state index contributed by atoms with van der Waals surface area (Å²) >= 11 is 3.65. The Labute approximate surface area is 91.7 Å². The van der Waals surface area contributed by atoms with Gasteiger partial charge in [-0.1, -0.05) is 12.1 Å². The maximum absolute atomic E-state index is 4.45. The summed E-state index contributed by atoms with van der Waals surface area (Å²) in [6.45, 7) is 0. The van der Waals surface area contributed by atoms with Crippen molar-refractivity contribution >= 4 is 50.1 Å². The minimum absolute atomic E-state index is 0.964. The second-order valence-corrected chi connectivity index (χ2v) is 4.37. The van der Waals surface area contributed by atoms with Crippen LogP contribution in [-0.2, 0) is 0 Å². The van der Waals surface area contributed by atoms with Crippen molar-refractivity contribution in [3.05, 3.63) is 28.1 Å². The number of aromatic nitrogens is 3. The van der Waals surface area contributed by atoms with Crippen LogP contribution in [0.4, 0.5) is 0 Å². The lowest BCUT2D eigenvalue weighted by Gasteiger charge is -1.88. The molecule has 1 aromatic carbocycles. The van der Waals surface area contributed by atoms with Crippen molar-refractivity contribution in [2.75, 3.05) is 0 Å². The molecule has 0 spiro atoms. The van der Waals surface area contributed by atoms with E-state index in [1.807, 2.05) is 18.2 Å². The number of hydrogen-bond acceptors (Lipinski definition) is 3. The third-order valence-electron chi connectivity index (χ3n) is 1.92. The van der Waals surface area contributed by atoms with Gasteiger partial charge in [-0.05, 0) is 12.1 Å². The summed E-state index contributed by atoms with van der Waals surface area (Å²) < 4.78 is 7.28. The van der Waals surface area contributed by atoms with E-state index < -0.39 is 0 Å². The Morgan fingerprint density at radius 2 is 2.15 bits per heavy atom. The highest BCUT2D eigenvalue weighted by Crippen LogP contribution is 2.21. The largest absolute Gasteiger partial charge is 0.261 e. The molecule has 0 fully saturated rings. The zero-order chi connectivity index (χ0) is 8.84. The molecule has 5 heteroatoms. The SMILES string of the molecule is Ic1nsc2nc3ccccc3n12. The van der Waals surface area contributed by atoms with Gasteiger partial charge >= 0.3 is 0 Å². The van der Waals surface area contributed by atoms with Crippen molar-refractivity contribution in [1.82, 2.24) is 13.8 Å². The quantitative estimate of drug-likeness (QED) is 0.597. The molecule has 64 valence electrons. The van der Waals surface area contributed by atoms with Gasteiger partial charge < -0.3 is 0 Å². The fourth-order valence-corrected chi connectivity index (χ4v) is 2.95. The van der Waals surface area contributed by atoms with Crippen LogP contribution in [0.15, 0.2) is 24.3 Å². The average molecular weight is 301 g/mol. The molecule has 3 nitrogen and oxygen atoms in total. The maximum Gasteiger partial charge on any atom is 0.214 e. The molecule has 0 aliphatic carbocycles. The number of hydrogen-bond donors (Lipinski definition) is 0. The van der Waals surface area contributed by atoms with E-state index in [0.29, 0.717) is 0 Å². The summed E-state index contributed by atoms with van der Waals surface area (Å²) in [6.07, 6.45) is 0. The molecule has 3 rings (SSSR count). The van der Waals surface area contributed by atoms with E-state index in [-0.39, 0.29) is 0 Å². The van der Waals surface area contributed by atoms with E-state index in [4.69, 9.17) is 0 Å². The van der Waals surface area contributed by atoms with Gasteiger partial charge in [-0.2, -0.15) is 4.37 Å². The maximum atomic E-state index is 4.45. The van der Waals surface area contributed by atoms with E-state index in [9.17, 15) is 0 Å². The van der Waals surface area contributed by atoms with Gasteiger partial charge in [0.05, 0.1) is 11.0 Å². The number of fused-ring (bicyclic) bond motifs is 3. The van der Waals surface area contributed by atoms with Gasteiger partial charge in [-0.15, -0.1) is 0 Å². The predicted molar refractivity (Wildman–Crippen MR) is 61.1 cm³/mol. The highest BCUT2D eigenvalue weighted by atomic mass is 127. The molecule has 0 atom stereocenters. The molecule has 0 aliphatic heterocycles. The van der Waals surface area contributed by atoms with E-state index in [0.717, 1.165) is 19.8 Å². The molecule has 0 bridgehead atoms. The first-order chi connectivity index (χ1) is 6.36. The lowest BCUT2D eigenvalue weighted by molar-refractivity contribution is 1.16. The third kappa shape index (κ3) is 1.000. The Hall–Kier alpha value is -0.690. The summed E-state index contributed by atoms with van der Waals surface area (Å²) in [4.78, 5) is 5.41. The van der Waals surface area contributed by atoms with E-state index >= 15 is 0 Å². The highest BCUT2D eigenvalue weighted by molar-refractivity contribution is 14.1. The van der Waals surface area contributed by atoms with Gasteiger partial charge in [-0.25, -0.2) is 4.98 Å². The molecule has 2 aromatic heterocycles. The summed E-state index contributed by atoms with van der Waals surface area (Å²) in [5.74, 6) is 0. The number of halogens is 1. The van der Waals surface area contributed by atoms with Crippen molar-refractivity contribution in [2.24, 2.45) is 0 Å². The van der Waals surface area contributed by atoms with Crippen molar-refractivity contribution in [1.29, 1.82) is 0 Å². The Morgan fingerprint density at radius 3 is 3.08 bits per heavy atom. The van der Waals surface area contributed by atoms with E-state index in [1.54, 1.807) is 0 Å². The first-order valence-corrected chi connectivity index (χ1v) is 5.60. The summed E-state index contributed by atoms with van der Waals surface area (Å²) in [5.41, 5.74) is 2.17. The Kier molecular flexibility index (Phi) is 1.57. The number of nitrogens with zero attached hydrogens (tertiary/aromatic N) is 3. The zero-order valence-electron chi connectivity index (χ0n) is 6.44. The van der Waals surface area contributed by atoms with Gasteiger partial charge in [-0.3, -0.25) is 4.40 Å². The standard InChI is InChI=1S/C8H4IN3S/c9-7-11-13-8-10-5-3-1-2-4-6(5)12(7)8/h1-4H. The number of imidazole rings is 1. The number of para-hydroxylation sites is 2. The molecule has 0 saturated carbocycles. The monoisotopic (exact) mass is 301 g/mol. The minimum Gasteiger partial charge on any atom is -0.261 e. The van der Waals surface area contributed by atoms with Gasteiger partial charge in [0, 0.05) is 34.1 Å². The van der Waals surface area contributed by atoms with Crippen LogP contribution in [-0.4, -0.2) is 13.8 Å². The smallest absolute Gasteiger partial charge is 0.214 e. The molecule has 13 heavy (non-hydrogen) atoms. The van der Waals surface area contributed by atoms with Crippen LogP contribution < -0.4 is 0 Å². The normalized spacial score (nSPS) is 11.5. The topological polar surface area (TPSA) is 30.2 Å². The first-order valence-electron chi connectivity index (χ1n) is 3.74. The fraction of sp³-hybridized carbons (Fsp3) is 0. The first kappa shape index (κ1) is 7.69. The molecule has 0 N–H and O–H groups in total. The molecule has 0 unspecified atom stereocenters. The van der Waals surface area contributed by atoms with Gasteiger partial charge in [0.2, 0.25) is 4.96 Å². The van der Waals surface area contributed by atoms with Gasteiger partial charge in [0.15, 0.2) is 3.83 Å². The second kappa shape index (κ2) is 2.65. The van der Waals surface area contributed by atoms with E-state index in [2.05, 4.69) is 42.4 Å². The summed E-state index contributed by atoms with van der Waals surface area (Å²) in [5, 5.41) is 0. The van der Waals surface area contributed by atoms with Crippen molar-refractivity contribution < 1.29 is 0 Å². The summed E-state index contributed by atoms with van der Waals surface area (Å²) in [6, 6.07) is 8.10. The molecule has 0 aliphatic rings. The molecule has 3 aromatic rings. The molecular weight excluding hydrogens is 297 g/mol. The molecule has 2 heterocycles. The third-order valence-corrected chi connectivity index (χ3v) is 3.67. The Balaban J connectivity index is 2.66. The fourth-order valence-electron chi connectivity index (χ4n) is 1.36. The number of benzene rings is 1. The number of rotatable bonds is 0. The van der Waals surface area contributed by atoms with Crippen LogP contribution in [0.3, 0.4) is 0 Å². The highest BCUT2D eigenvalue weighted by Gasteiger charge is 2.08. The molecular formula is C8H4IN3S. The van der Waals surface area contributed by atoms with Crippen molar-refractivity contribution in [2.45, 2.75) is 0 Å². The minimum atomic E-state index is 0.964.